The molecule has 0 spiro atoms. The molecule has 0 aromatic heterocycles. The summed E-state index contributed by atoms with van der Waals surface area (Å²) in [7, 11) is -1.06. The summed E-state index contributed by atoms with van der Waals surface area (Å²) in [5.41, 5.74) is 0. The summed E-state index contributed by atoms with van der Waals surface area (Å²) in [6, 6.07) is 1.87. The smallest absolute Gasteiger partial charge is 0.207 e. The highest BCUT2D eigenvalue weighted by Crippen LogP contribution is 2.03. The first kappa shape index (κ1) is 9.66. The second-order valence-corrected chi connectivity index (χ2v) is 4.35. The first-order valence-corrected chi connectivity index (χ1v) is 5.43. The minimum absolute atomic E-state index is 0.933. The Bertz CT molecular complexity index is 89.4. The van der Waals surface area contributed by atoms with Crippen LogP contribution in [0.3, 0.4) is 0 Å². The summed E-state index contributed by atoms with van der Waals surface area (Å²) in [6.45, 7) is 7.20. The van der Waals surface area contributed by atoms with Crippen LogP contribution in [-0.2, 0) is 0 Å². The first-order valence-electron chi connectivity index (χ1n) is 3.56. The van der Waals surface area contributed by atoms with Gasteiger partial charge in [0.05, 0.1) is 0 Å². The molecule has 0 saturated heterocycles. The molecule has 0 bridgehead atoms. The first-order chi connectivity index (χ1) is 4.81. The molecule has 0 unspecified atom stereocenters. The quantitative estimate of drug-likeness (QED) is 0.460. The second-order valence-electron chi connectivity index (χ2n) is 2.22. The molecular formula is C8H15OSi. The molecule has 0 aromatic rings. The Labute approximate surface area is 64.8 Å². The van der Waals surface area contributed by atoms with E-state index in [9.17, 15) is 4.80 Å². The lowest BCUT2D eigenvalue weighted by molar-refractivity contribution is 0.565. The van der Waals surface area contributed by atoms with Crippen molar-refractivity contribution in [2.45, 2.75) is 24.9 Å². The lowest BCUT2D eigenvalue weighted by atomic mass is 10.5. The van der Waals surface area contributed by atoms with Crippen LogP contribution in [0, 0.1) is 0 Å². The van der Waals surface area contributed by atoms with Crippen LogP contribution in [0.5, 0.6) is 0 Å². The molecule has 0 fully saturated rings. The largest absolute Gasteiger partial charge is 0.431 e. The molecule has 0 aromatic carbocycles. The number of hydrogen-bond acceptors (Lipinski definition) is 1. The summed E-state index contributed by atoms with van der Waals surface area (Å²) in [6.07, 6.45) is 5.60. The van der Waals surface area contributed by atoms with Gasteiger partial charge < -0.3 is 4.80 Å². The van der Waals surface area contributed by atoms with E-state index in [1.165, 1.54) is 0 Å². The van der Waals surface area contributed by atoms with Gasteiger partial charge in [-0.2, -0.15) is 0 Å². The van der Waals surface area contributed by atoms with Crippen molar-refractivity contribution in [1.29, 1.82) is 0 Å². The van der Waals surface area contributed by atoms with E-state index in [0.717, 1.165) is 24.9 Å². The zero-order valence-electron chi connectivity index (χ0n) is 6.34. The van der Waals surface area contributed by atoms with Crippen LogP contribution in [0.1, 0.15) is 12.8 Å². The van der Waals surface area contributed by atoms with Gasteiger partial charge in [-0.1, -0.05) is 12.2 Å². The fourth-order valence-corrected chi connectivity index (χ4v) is 1.99. The van der Waals surface area contributed by atoms with Gasteiger partial charge in [0, 0.05) is 0 Å². The predicted octanol–water partition coefficient (Wildman–Crippen LogP) is 2.12. The fourth-order valence-electron chi connectivity index (χ4n) is 0.662. The van der Waals surface area contributed by atoms with Crippen molar-refractivity contribution in [3.63, 3.8) is 0 Å². The predicted molar refractivity (Wildman–Crippen MR) is 47.2 cm³/mol. The molecule has 0 heterocycles. The van der Waals surface area contributed by atoms with Crippen LogP contribution in [0.15, 0.2) is 25.3 Å². The Morgan fingerprint density at radius 1 is 1.10 bits per heavy atom. The highest BCUT2D eigenvalue weighted by molar-refractivity contribution is 6.50. The van der Waals surface area contributed by atoms with E-state index < -0.39 is 9.04 Å². The van der Waals surface area contributed by atoms with E-state index in [4.69, 9.17) is 0 Å². The summed E-state index contributed by atoms with van der Waals surface area (Å²) in [5, 5.41) is 0. The molecule has 2 heteroatoms. The molecule has 0 aliphatic heterocycles. The van der Waals surface area contributed by atoms with Gasteiger partial charge in [0.2, 0.25) is 9.04 Å². The van der Waals surface area contributed by atoms with Crippen LogP contribution in [0.25, 0.3) is 0 Å². The molecular weight excluding hydrogens is 140 g/mol. The van der Waals surface area contributed by atoms with Gasteiger partial charge in [0.15, 0.2) is 0 Å². The maximum atomic E-state index is 9.32. The Morgan fingerprint density at radius 3 is 1.80 bits per heavy atom. The molecule has 0 amide bonds. The molecule has 1 nitrogen and oxygen atoms in total. The normalized spacial score (nSPS) is 9.80. The average molecular weight is 155 g/mol. The van der Waals surface area contributed by atoms with Crippen molar-refractivity contribution < 1.29 is 4.80 Å². The highest BCUT2D eigenvalue weighted by atomic mass is 28.3. The van der Waals surface area contributed by atoms with Crippen molar-refractivity contribution in [3.05, 3.63) is 25.3 Å². The van der Waals surface area contributed by atoms with Crippen LogP contribution in [-0.4, -0.2) is 13.8 Å². The SMILES string of the molecule is C=CCC[Si](O)CCC=C. The van der Waals surface area contributed by atoms with Gasteiger partial charge in [-0.25, -0.2) is 0 Å². The minimum atomic E-state index is -1.06. The van der Waals surface area contributed by atoms with Crippen molar-refractivity contribution in [2.75, 3.05) is 0 Å². The van der Waals surface area contributed by atoms with Crippen molar-refractivity contribution in [1.82, 2.24) is 0 Å². The fraction of sp³-hybridized carbons (Fsp3) is 0.500. The van der Waals surface area contributed by atoms with Gasteiger partial charge in [-0.3, -0.25) is 0 Å². The number of allylic oxidation sites excluding steroid dienone is 2. The molecule has 10 heavy (non-hydrogen) atoms. The molecule has 1 radical (unpaired) electrons. The van der Waals surface area contributed by atoms with E-state index in [2.05, 4.69) is 13.2 Å². The zero-order chi connectivity index (χ0) is 7.82. The third-order valence-corrected chi connectivity index (χ3v) is 3.01. The average Bonchev–Trinajstić information content (AvgIpc) is 1.97. The van der Waals surface area contributed by atoms with E-state index in [1.54, 1.807) is 0 Å². The Hall–Kier alpha value is -0.343. The molecule has 0 aliphatic rings. The van der Waals surface area contributed by atoms with Crippen LogP contribution in [0.4, 0.5) is 0 Å². The molecule has 57 valence electrons. The lowest BCUT2D eigenvalue weighted by Crippen LogP contribution is -2.09. The maximum Gasteiger partial charge on any atom is 0.207 e. The maximum absolute atomic E-state index is 9.32. The standard InChI is InChI=1S/C8H15OSi/c1-3-5-7-10(9)8-6-4-2/h3-4,9H,1-2,5-8H2. The van der Waals surface area contributed by atoms with Gasteiger partial charge in [-0.05, 0) is 24.9 Å². The Morgan fingerprint density at radius 2 is 1.50 bits per heavy atom. The van der Waals surface area contributed by atoms with E-state index in [0.29, 0.717) is 0 Å². The third-order valence-electron chi connectivity index (χ3n) is 1.27. The zero-order valence-corrected chi connectivity index (χ0v) is 7.34. The van der Waals surface area contributed by atoms with Gasteiger partial charge >= 0.3 is 0 Å². The van der Waals surface area contributed by atoms with Crippen molar-refractivity contribution in [2.24, 2.45) is 0 Å². The lowest BCUT2D eigenvalue weighted by Gasteiger charge is -2.01. The molecule has 0 atom stereocenters. The van der Waals surface area contributed by atoms with Gasteiger partial charge in [0.25, 0.3) is 0 Å². The molecule has 0 rings (SSSR count). The number of hydrogen-bond donors (Lipinski definition) is 1. The number of rotatable bonds is 6. The summed E-state index contributed by atoms with van der Waals surface area (Å²) >= 11 is 0. The topological polar surface area (TPSA) is 20.2 Å². The minimum Gasteiger partial charge on any atom is -0.431 e. The van der Waals surface area contributed by atoms with Crippen molar-refractivity contribution in [3.8, 4) is 0 Å². The van der Waals surface area contributed by atoms with E-state index in [1.807, 2.05) is 12.2 Å². The monoisotopic (exact) mass is 155 g/mol. The van der Waals surface area contributed by atoms with Crippen LogP contribution in [0.2, 0.25) is 12.1 Å². The molecule has 0 saturated carbocycles. The van der Waals surface area contributed by atoms with Crippen LogP contribution >= 0.6 is 0 Å². The summed E-state index contributed by atoms with van der Waals surface area (Å²) in [4.78, 5) is 9.32. The Balaban J connectivity index is 3.15. The summed E-state index contributed by atoms with van der Waals surface area (Å²) in [5.74, 6) is 0. The molecule has 0 aliphatic carbocycles. The van der Waals surface area contributed by atoms with Crippen molar-refractivity contribution >= 4 is 9.04 Å². The van der Waals surface area contributed by atoms with Crippen LogP contribution < -0.4 is 0 Å². The summed E-state index contributed by atoms with van der Waals surface area (Å²) < 4.78 is 0. The Kier molecular flexibility index (Phi) is 6.54. The van der Waals surface area contributed by atoms with Gasteiger partial charge in [0.1, 0.15) is 0 Å². The second kappa shape index (κ2) is 6.77. The highest BCUT2D eigenvalue weighted by Gasteiger charge is 2.03. The molecule has 1 N–H and O–H groups in total. The van der Waals surface area contributed by atoms with Gasteiger partial charge in [-0.15, -0.1) is 13.2 Å². The van der Waals surface area contributed by atoms with E-state index >= 15 is 0 Å². The van der Waals surface area contributed by atoms with E-state index in [-0.39, 0.29) is 0 Å². The third kappa shape index (κ3) is 5.79.